The summed E-state index contributed by atoms with van der Waals surface area (Å²) in [5.41, 5.74) is 6.04. The van der Waals surface area contributed by atoms with Gasteiger partial charge in [0.15, 0.2) is 24.1 Å². The number of benzene rings is 2. The van der Waals surface area contributed by atoms with Crippen molar-refractivity contribution in [2.45, 2.75) is 115 Å². The molecule has 0 bridgehead atoms. The third kappa shape index (κ3) is 6.43. The zero-order valence-electron chi connectivity index (χ0n) is 28.7. The van der Waals surface area contributed by atoms with Gasteiger partial charge in [-0.25, -0.2) is 0 Å². The van der Waals surface area contributed by atoms with Crippen LogP contribution >= 0.6 is 0 Å². The van der Waals surface area contributed by atoms with E-state index < -0.39 is 114 Å². The molecule has 0 aromatic heterocycles. The van der Waals surface area contributed by atoms with Crippen molar-refractivity contribution in [3.05, 3.63) is 62.0 Å². The predicted octanol–water partition coefficient (Wildman–Crippen LogP) is 3.86. The van der Waals surface area contributed by atoms with Gasteiger partial charge in [-0.1, -0.05) is 17.2 Å². The molecular weight excluding hydrogens is 670 g/mol. The molecule has 7 unspecified atom stereocenters. The number of carbonyl (C=O) groups is 4. The van der Waals surface area contributed by atoms with Crippen molar-refractivity contribution in [3.8, 4) is 17.2 Å². The van der Waals surface area contributed by atoms with E-state index in [9.17, 15) is 40.0 Å². The van der Waals surface area contributed by atoms with Gasteiger partial charge in [-0.15, -0.1) is 0 Å². The van der Waals surface area contributed by atoms with Crippen molar-refractivity contribution in [1.82, 2.24) is 0 Å². The van der Waals surface area contributed by atoms with Crippen LogP contribution in [0.25, 0.3) is 10.4 Å². The highest BCUT2D eigenvalue weighted by molar-refractivity contribution is 6.31. The Kier molecular flexibility index (Phi) is 9.85. The van der Waals surface area contributed by atoms with Gasteiger partial charge in [-0.3, -0.25) is 19.2 Å². The van der Waals surface area contributed by atoms with E-state index in [-0.39, 0.29) is 34.4 Å². The highest BCUT2D eigenvalue weighted by atomic mass is 16.7. The van der Waals surface area contributed by atoms with Gasteiger partial charge in [0.1, 0.15) is 29.0 Å². The van der Waals surface area contributed by atoms with E-state index in [1.807, 2.05) is 0 Å². The van der Waals surface area contributed by atoms with Crippen molar-refractivity contribution >= 4 is 23.3 Å². The molecule has 0 spiro atoms. The second-order valence-corrected chi connectivity index (χ2v) is 13.3. The fourth-order valence-electron chi connectivity index (χ4n) is 7.54. The number of azide groups is 1. The van der Waals surface area contributed by atoms with Crippen molar-refractivity contribution in [3.63, 3.8) is 0 Å². The Morgan fingerprint density at radius 1 is 0.980 bits per heavy atom. The first-order chi connectivity index (χ1) is 24.2. The fourth-order valence-corrected chi connectivity index (χ4v) is 7.54. The topological polar surface area (TPSA) is 233 Å². The average Bonchev–Trinajstić information content (AvgIpc) is 3.07. The number of ketones is 3. The molecule has 0 saturated carbocycles. The normalized spacial score (nSPS) is 31.4. The molecule has 3 N–H and O–H groups in total. The number of rotatable bonds is 8. The van der Waals surface area contributed by atoms with E-state index in [1.165, 1.54) is 32.2 Å². The minimum atomic E-state index is -2.09. The maximum Gasteiger partial charge on any atom is 0.302 e. The largest absolute Gasteiger partial charge is 0.507 e. The Morgan fingerprint density at radius 2 is 1.69 bits per heavy atom. The lowest BCUT2D eigenvalue weighted by atomic mass is 9.72. The van der Waals surface area contributed by atoms with Gasteiger partial charge in [0.05, 0.1) is 54.3 Å². The SMILES string of the molecule is COc1cccc2c1C(=O)c1c(O)c3c(c(O)c1C2=O)C[C@@](O)(C(C)=O)C[C@@H]3OC1CC(N=[N+]=[N-])C(OC2CCC(OC(C)=O)C(C)O2)C(C)O1. The van der Waals surface area contributed by atoms with E-state index in [4.69, 9.17) is 28.4 Å². The summed E-state index contributed by atoms with van der Waals surface area (Å²) in [7, 11) is 1.33. The summed E-state index contributed by atoms with van der Waals surface area (Å²) in [6.07, 6.45) is -5.74. The predicted molar refractivity (Wildman–Crippen MR) is 173 cm³/mol. The van der Waals surface area contributed by atoms with E-state index in [0.717, 1.165) is 6.92 Å². The second-order valence-electron chi connectivity index (χ2n) is 13.3. The minimum Gasteiger partial charge on any atom is -0.507 e. The highest BCUT2D eigenvalue weighted by Crippen LogP contribution is 2.52. The number of aromatic hydroxyl groups is 2. The molecule has 16 heteroatoms. The van der Waals surface area contributed by atoms with Crippen LogP contribution < -0.4 is 4.74 Å². The maximum atomic E-state index is 13.9. The summed E-state index contributed by atoms with van der Waals surface area (Å²) >= 11 is 0. The number of esters is 1. The molecule has 9 atom stereocenters. The molecule has 51 heavy (non-hydrogen) atoms. The standard InChI is InChI=1S/C35H39N3O13/c1-14-21(49-17(4)40)9-10-24(47-14)51-34-15(2)48-25(11-20(34)37-38-36)50-23-13-35(45,16(3)39)12-19-27(23)33(44)29-28(31(19)42)30(41)18-7-6-8-22(46-5)26(18)32(29)43/h6-8,14-15,20-21,23-25,34,42,44-45H,9-13H2,1-5H3/t14?,15?,20?,21?,23-,24?,25?,34?,35-/m0/s1. The number of carbonyl (C=O) groups excluding carboxylic acids is 4. The second kappa shape index (κ2) is 13.9. The first-order valence-electron chi connectivity index (χ1n) is 16.6. The van der Waals surface area contributed by atoms with Gasteiger partial charge < -0.3 is 43.7 Å². The number of hydrogen-bond donors (Lipinski definition) is 3. The van der Waals surface area contributed by atoms with Crippen LogP contribution in [0.2, 0.25) is 0 Å². The molecular formula is C35H39N3O13. The van der Waals surface area contributed by atoms with Crippen LogP contribution in [0.1, 0.15) is 102 Å². The van der Waals surface area contributed by atoms with Crippen molar-refractivity contribution in [2.24, 2.45) is 5.11 Å². The summed E-state index contributed by atoms with van der Waals surface area (Å²) < 4.78 is 35.3. The van der Waals surface area contributed by atoms with E-state index >= 15 is 0 Å². The van der Waals surface area contributed by atoms with Gasteiger partial charge in [0, 0.05) is 54.2 Å². The Bertz CT molecular complexity index is 1840. The maximum absolute atomic E-state index is 13.9. The zero-order valence-corrected chi connectivity index (χ0v) is 28.7. The number of phenols is 2. The number of hydrogen-bond acceptors (Lipinski definition) is 14. The number of Topliss-reactive ketones (excluding diaryl/α,β-unsaturated/α-hetero) is 1. The molecule has 2 aromatic rings. The van der Waals surface area contributed by atoms with E-state index in [1.54, 1.807) is 13.8 Å². The average molecular weight is 710 g/mol. The lowest BCUT2D eigenvalue weighted by Gasteiger charge is -2.44. The summed E-state index contributed by atoms with van der Waals surface area (Å²) in [5.74, 6) is -3.85. The summed E-state index contributed by atoms with van der Waals surface area (Å²) in [6.45, 7) is 5.91. The third-order valence-electron chi connectivity index (χ3n) is 10.1. The van der Waals surface area contributed by atoms with Gasteiger partial charge in [-0.2, -0.15) is 0 Å². The zero-order chi connectivity index (χ0) is 36.9. The molecule has 0 radical (unpaired) electrons. The summed E-state index contributed by atoms with van der Waals surface area (Å²) in [6, 6.07) is 3.55. The van der Waals surface area contributed by atoms with Crippen LogP contribution in [-0.2, 0) is 39.7 Å². The quantitative estimate of drug-likeness (QED) is 0.0992. The summed E-state index contributed by atoms with van der Waals surface area (Å²) in [5, 5.41) is 38.8. The van der Waals surface area contributed by atoms with Crippen LogP contribution in [0.3, 0.4) is 0 Å². The molecule has 2 aliphatic heterocycles. The molecule has 2 aromatic carbocycles. The first kappa shape index (κ1) is 36.2. The molecule has 2 aliphatic carbocycles. The first-order valence-corrected chi connectivity index (χ1v) is 16.6. The van der Waals surface area contributed by atoms with Crippen LogP contribution in [0.5, 0.6) is 17.2 Å². The van der Waals surface area contributed by atoms with Gasteiger partial charge in [0.2, 0.25) is 5.78 Å². The highest BCUT2D eigenvalue weighted by Gasteiger charge is 2.50. The Balaban J connectivity index is 1.31. The Hall–Kier alpha value is -4.57. The van der Waals surface area contributed by atoms with Crippen molar-refractivity contribution in [2.75, 3.05) is 7.11 Å². The minimum absolute atomic E-state index is 0.0466. The van der Waals surface area contributed by atoms with Gasteiger partial charge in [-0.05, 0) is 38.8 Å². The molecule has 4 aliphatic rings. The smallest absolute Gasteiger partial charge is 0.302 e. The van der Waals surface area contributed by atoms with Crippen LogP contribution in [-0.4, -0.2) is 94.4 Å². The lowest BCUT2D eigenvalue weighted by molar-refractivity contribution is -0.293. The monoisotopic (exact) mass is 709 g/mol. The Morgan fingerprint density at radius 3 is 2.33 bits per heavy atom. The summed E-state index contributed by atoms with van der Waals surface area (Å²) in [4.78, 5) is 54.8. The molecule has 2 fully saturated rings. The van der Waals surface area contributed by atoms with E-state index in [0.29, 0.717) is 12.8 Å². The van der Waals surface area contributed by atoms with Crippen molar-refractivity contribution < 1.29 is 62.9 Å². The third-order valence-corrected chi connectivity index (χ3v) is 10.1. The van der Waals surface area contributed by atoms with Crippen LogP contribution in [0.15, 0.2) is 23.3 Å². The van der Waals surface area contributed by atoms with Gasteiger partial charge in [0.25, 0.3) is 0 Å². The Labute approximate surface area is 292 Å². The number of fused-ring (bicyclic) bond motifs is 3. The fraction of sp³-hybridized carbons (Fsp3) is 0.543. The van der Waals surface area contributed by atoms with E-state index in [2.05, 4.69) is 10.0 Å². The number of methoxy groups -OCH3 is 1. The van der Waals surface area contributed by atoms with Crippen molar-refractivity contribution in [1.29, 1.82) is 0 Å². The lowest BCUT2D eigenvalue weighted by Crippen LogP contribution is -2.52. The molecule has 272 valence electrons. The molecule has 2 heterocycles. The molecule has 16 nitrogen and oxygen atoms in total. The van der Waals surface area contributed by atoms with Crippen LogP contribution in [0, 0.1) is 0 Å². The number of phenolic OH excluding ortho intramolecular Hbond substituents is 2. The number of nitrogens with zero attached hydrogens (tertiary/aromatic N) is 3. The van der Waals surface area contributed by atoms with Crippen LogP contribution in [0.4, 0.5) is 0 Å². The number of aliphatic hydroxyl groups is 1. The number of ether oxygens (including phenoxy) is 6. The molecule has 0 amide bonds. The van der Waals surface area contributed by atoms with Gasteiger partial charge >= 0.3 is 5.97 Å². The molecule has 6 rings (SSSR count). The molecule has 2 saturated heterocycles.